The lowest BCUT2D eigenvalue weighted by Gasteiger charge is -2.32. The zero-order chi connectivity index (χ0) is 23.4. The maximum Gasteiger partial charge on any atom is 0.457 e. The summed E-state index contributed by atoms with van der Waals surface area (Å²) in [5.41, 5.74) is -6.60. The summed E-state index contributed by atoms with van der Waals surface area (Å²) in [4.78, 5) is 0. The lowest BCUT2D eigenvalue weighted by molar-refractivity contribution is -0.240. The van der Waals surface area contributed by atoms with Crippen LogP contribution in [0.2, 0.25) is 0 Å². The summed E-state index contributed by atoms with van der Waals surface area (Å²) < 4.78 is 124. The maximum absolute atomic E-state index is 14.5. The minimum atomic E-state index is -6.09. The summed E-state index contributed by atoms with van der Waals surface area (Å²) in [6.07, 6.45) is -3.57. The quantitative estimate of drug-likeness (QED) is 0.141. The third kappa shape index (κ3) is 5.83. The van der Waals surface area contributed by atoms with E-state index in [0.29, 0.717) is 13.3 Å². The summed E-state index contributed by atoms with van der Waals surface area (Å²) in [5.74, 6) is -8.90. The van der Waals surface area contributed by atoms with Crippen LogP contribution in [0.5, 0.6) is 0 Å². The maximum atomic E-state index is 14.5. The Morgan fingerprint density at radius 3 is 1.83 bits per heavy atom. The molecule has 0 bridgehead atoms. The van der Waals surface area contributed by atoms with Crippen molar-refractivity contribution in [1.29, 1.82) is 0 Å². The third-order valence-corrected chi connectivity index (χ3v) is 8.10. The number of hydrogen-bond acceptors (Lipinski definition) is 0. The lowest BCUT2D eigenvalue weighted by atomic mass is 9.92. The standard InChI is InChI=1S/C20H26F9P/c1-5-7-13(6-2)9-8-11(3)10-30(20(28,29)19(25,26)27)18-15(22)12(4)14(21)16(23)17(18)24/h11,13H,5-10H2,1-4H3. The van der Waals surface area contributed by atoms with Crippen LogP contribution in [0.3, 0.4) is 0 Å². The fourth-order valence-corrected chi connectivity index (χ4v) is 5.90. The van der Waals surface area contributed by atoms with Gasteiger partial charge in [-0.1, -0.05) is 52.9 Å². The first-order valence-corrected chi connectivity index (χ1v) is 11.3. The summed E-state index contributed by atoms with van der Waals surface area (Å²) in [7, 11) is -3.87. The van der Waals surface area contributed by atoms with Gasteiger partial charge in [0.05, 0.1) is 5.30 Å². The van der Waals surface area contributed by atoms with Gasteiger partial charge in [-0.3, -0.25) is 0 Å². The van der Waals surface area contributed by atoms with Crippen molar-refractivity contribution < 1.29 is 39.5 Å². The fraction of sp³-hybridized carbons (Fsp3) is 0.700. The molecule has 0 fully saturated rings. The van der Waals surface area contributed by atoms with Gasteiger partial charge in [0.25, 0.3) is 0 Å². The predicted octanol–water partition coefficient (Wildman–Crippen LogP) is 8.06. The number of alkyl halides is 5. The number of benzene rings is 1. The molecule has 0 saturated heterocycles. The van der Waals surface area contributed by atoms with Crippen molar-refractivity contribution in [3.05, 3.63) is 28.8 Å². The van der Waals surface area contributed by atoms with E-state index in [1.807, 2.05) is 13.8 Å². The normalized spacial score (nSPS) is 15.9. The molecule has 30 heavy (non-hydrogen) atoms. The first-order chi connectivity index (χ1) is 13.7. The van der Waals surface area contributed by atoms with Gasteiger partial charge in [-0.15, -0.1) is 0 Å². The van der Waals surface area contributed by atoms with Crippen molar-refractivity contribution >= 4 is 13.2 Å². The molecule has 0 aliphatic heterocycles. The van der Waals surface area contributed by atoms with Crippen molar-refractivity contribution in [2.24, 2.45) is 11.8 Å². The Morgan fingerprint density at radius 1 is 0.800 bits per heavy atom. The van der Waals surface area contributed by atoms with Crippen molar-refractivity contribution in [3.63, 3.8) is 0 Å². The molecular weight excluding hydrogens is 442 g/mol. The summed E-state index contributed by atoms with van der Waals surface area (Å²) >= 11 is 0. The van der Waals surface area contributed by atoms with Crippen LogP contribution >= 0.6 is 7.92 Å². The highest BCUT2D eigenvalue weighted by Crippen LogP contribution is 2.61. The Kier molecular flexibility index (Phi) is 9.52. The predicted molar refractivity (Wildman–Crippen MR) is 101 cm³/mol. The van der Waals surface area contributed by atoms with E-state index in [0.717, 1.165) is 19.3 Å². The van der Waals surface area contributed by atoms with Gasteiger partial charge in [-0.2, -0.15) is 22.0 Å². The summed E-state index contributed by atoms with van der Waals surface area (Å²) in [5, 5.41) is -1.70. The van der Waals surface area contributed by atoms with Crippen LogP contribution in [0.4, 0.5) is 39.5 Å². The minimum absolute atomic E-state index is 0.255. The molecule has 0 heterocycles. The average Bonchev–Trinajstić information content (AvgIpc) is 2.66. The van der Waals surface area contributed by atoms with E-state index < -0.39 is 66.0 Å². The highest BCUT2D eigenvalue weighted by atomic mass is 31.1. The molecule has 0 spiro atoms. The molecule has 0 aromatic heterocycles. The molecule has 1 rings (SSSR count). The van der Waals surface area contributed by atoms with Crippen LogP contribution in [0.25, 0.3) is 0 Å². The van der Waals surface area contributed by atoms with Crippen LogP contribution in [-0.2, 0) is 0 Å². The molecule has 0 radical (unpaired) electrons. The smallest absolute Gasteiger partial charge is 0.206 e. The Labute approximate surface area is 172 Å². The van der Waals surface area contributed by atoms with Gasteiger partial charge in [0.1, 0.15) is 5.82 Å². The van der Waals surface area contributed by atoms with Gasteiger partial charge in [-0.05, 0) is 24.9 Å². The highest BCUT2D eigenvalue weighted by Gasteiger charge is 2.63. The molecule has 0 N–H and O–H groups in total. The molecule has 3 atom stereocenters. The molecule has 1 aromatic rings. The van der Waals surface area contributed by atoms with Gasteiger partial charge in [0.15, 0.2) is 17.5 Å². The molecule has 0 aliphatic carbocycles. The first-order valence-electron chi connectivity index (χ1n) is 9.75. The second kappa shape index (κ2) is 10.6. The van der Waals surface area contributed by atoms with Crippen LogP contribution in [-0.4, -0.2) is 18.0 Å². The number of halogens is 9. The van der Waals surface area contributed by atoms with E-state index in [-0.39, 0.29) is 12.3 Å². The van der Waals surface area contributed by atoms with Gasteiger partial charge >= 0.3 is 11.8 Å². The van der Waals surface area contributed by atoms with E-state index in [4.69, 9.17) is 0 Å². The monoisotopic (exact) mass is 468 g/mol. The molecule has 3 unspecified atom stereocenters. The Hall–Kier alpha value is -0.980. The van der Waals surface area contributed by atoms with Crippen molar-refractivity contribution in [1.82, 2.24) is 0 Å². The van der Waals surface area contributed by atoms with E-state index >= 15 is 0 Å². The zero-order valence-electron chi connectivity index (χ0n) is 17.2. The Morgan fingerprint density at radius 2 is 1.37 bits per heavy atom. The Balaban J connectivity index is 3.38. The summed E-state index contributed by atoms with van der Waals surface area (Å²) in [6, 6.07) is 0. The zero-order valence-corrected chi connectivity index (χ0v) is 18.1. The molecule has 1 aromatic carbocycles. The number of rotatable bonds is 10. The number of hydrogen-bond donors (Lipinski definition) is 0. The topological polar surface area (TPSA) is 0 Å². The molecule has 10 heteroatoms. The van der Waals surface area contributed by atoms with E-state index in [1.54, 1.807) is 0 Å². The van der Waals surface area contributed by atoms with Crippen molar-refractivity contribution in [3.8, 4) is 0 Å². The van der Waals surface area contributed by atoms with E-state index in [2.05, 4.69) is 0 Å². The summed E-state index contributed by atoms with van der Waals surface area (Å²) in [6.45, 7) is 5.98. The first kappa shape index (κ1) is 27.1. The molecule has 0 amide bonds. The van der Waals surface area contributed by atoms with Crippen LogP contribution in [0.15, 0.2) is 0 Å². The third-order valence-electron chi connectivity index (χ3n) is 5.25. The van der Waals surface area contributed by atoms with Crippen LogP contribution in [0.1, 0.15) is 58.4 Å². The average molecular weight is 468 g/mol. The highest BCUT2D eigenvalue weighted by molar-refractivity contribution is 7.66. The van der Waals surface area contributed by atoms with Gasteiger partial charge in [0.2, 0.25) is 0 Å². The largest absolute Gasteiger partial charge is 0.457 e. The molecular formula is C20H26F9P. The molecule has 174 valence electrons. The van der Waals surface area contributed by atoms with E-state index in [1.165, 1.54) is 6.92 Å². The second-order valence-corrected chi connectivity index (χ2v) is 9.85. The minimum Gasteiger partial charge on any atom is -0.206 e. The van der Waals surface area contributed by atoms with Crippen LogP contribution < -0.4 is 5.30 Å². The van der Waals surface area contributed by atoms with Crippen molar-refractivity contribution in [2.75, 3.05) is 6.16 Å². The molecule has 0 nitrogen and oxygen atoms in total. The van der Waals surface area contributed by atoms with Crippen molar-refractivity contribution in [2.45, 2.75) is 71.6 Å². The van der Waals surface area contributed by atoms with Gasteiger partial charge in [0, 0.05) is 13.5 Å². The van der Waals surface area contributed by atoms with Gasteiger partial charge < -0.3 is 0 Å². The fourth-order valence-electron chi connectivity index (χ4n) is 3.36. The molecule has 0 aliphatic rings. The Bertz CT molecular complexity index is 686. The lowest BCUT2D eigenvalue weighted by Crippen LogP contribution is -2.40. The van der Waals surface area contributed by atoms with E-state index in [9.17, 15) is 39.5 Å². The second-order valence-electron chi connectivity index (χ2n) is 7.62. The van der Waals surface area contributed by atoms with Gasteiger partial charge in [-0.25, -0.2) is 17.6 Å². The SMILES string of the molecule is CCCC(CC)CCC(C)CP(c1c(F)c(C)c(F)c(F)c1F)C(F)(F)C(F)(F)F. The van der Waals surface area contributed by atoms with Crippen LogP contribution in [0, 0.1) is 42.0 Å². The molecule has 0 saturated carbocycles.